The van der Waals surface area contributed by atoms with Crippen LogP contribution in [0.1, 0.15) is 24.5 Å². The normalized spacial score (nSPS) is 11.4. The number of aryl methyl sites for hydroxylation is 2. The van der Waals surface area contributed by atoms with Crippen molar-refractivity contribution >= 4 is 11.6 Å². The van der Waals surface area contributed by atoms with E-state index in [1.54, 1.807) is 0 Å². The van der Waals surface area contributed by atoms with Gasteiger partial charge in [-0.1, -0.05) is 49.4 Å². The van der Waals surface area contributed by atoms with Gasteiger partial charge in [0.2, 0.25) is 0 Å². The molecule has 0 aliphatic rings. The molecule has 3 N–H and O–H groups in total. The molecule has 0 aliphatic heterocycles. The van der Waals surface area contributed by atoms with Gasteiger partial charge in [0, 0.05) is 12.2 Å². The van der Waals surface area contributed by atoms with E-state index >= 15 is 0 Å². The van der Waals surface area contributed by atoms with Crippen molar-refractivity contribution < 1.29 is 0 Å². The minimum absolute atomic E-state index is 0.483. The summed E-state index contributed by atoms with van der Waals surface area (Å²) in [5.41, 5.74) is 9.55. The maximum Gasteiger partial charge on any atom is 0.193 e. The molecule has 110 valence electrons. The van der Waals surface area contributed by atoms with Crippen molar-refractivity contribution in [2.24, 2.45) is 10.7 Å². The van der Waals surface area contributed by atoms with Crippen molar-refractivity contribution in [3.63, 3.8) is 0 Å². The molecule has 0 amide bonds. The number of guanidine groups is 1. The van der Waals surface area contributed by atoms with Gasteiger partial charge < -0.3 is 11.1 Å². The number of anilines is 1. The fraction of sp³-hybridized carbons (Fsp3) is 0.278. The highest BCUT2D eigenvalue weighted by Gasteiger charge is 1.97. The number of hydrogen-bond acceptors (Lipinski definition) is 1. The zero-order valence-corrected chi connectivity index (χ0v) is 12.5. The maximum absolute atomic E-state index is 5.92. The molecule has 0 saturated heterocycles. The average molecular weight is 281 g/mol. The molecule has 0 aromatic heterocycles. The van der Waals surface area contributed by atoms with E-state index in [1.807, 2.05) is 18.2 Å². The molecule has 21 heavy (non-hydrogen) atoms. The highest BCUT2D eigenvalue weighted by Crippen LogP contribution is 2.10. The molecule has 0 bridgehead atoms. The summed E-state index contributed by atoms with van der Waals surface area (Å²) < 4.78 is 0. The first-order chi connectivity index (χ1) is 10.3. The Morgan fingerprint density at radius 2 is 1.81 bits per heavy atom. The summed E-state index contributed by atoms with van der Waals surface area (Å²) in [5.74, 6) is 0.483. The molecule has 0 atom stereocenters. The first-order valence-electron chi connectivity index (χ1n) is 7.47. The van der Waals surface area contributed by atoms with Crippen LogP contribution in [0.2, 0.25) is 0 Å². The summed E-state index contributed by atoms with van der Waals surface area (Å²) in [7, 11) is 0. The lowest BCUT2D eigenvalue weighted by atomic mass is 10.1. The molecular weight excluding hydrogens is 258 g/mol. The van der Waals surface area contributed by atoms with Crippen LogP contribution in [0.3, 0.4) is 0 Å². The molecule has 0 radical (unpaired) electrons. The van der Waals surface area contributed by atoms with E-state index in [0.29, 0.717) is 5.96 Å². The summed E-state index contributed by atoms with van der Waals surface area (Å²) in [6.45, 7) is 2.88. The number of rotatable bonds is 6. The van der Waals surface area contributed by atoms with Crippen LogP contribution in [0.25, 0.3) is 0 Å². The topological polar surface area (TPSA) is 50.4 Å². The van der Waals surface area contributed by atoms with Gasteiger partial charge in [0.1, 0.15) is 0 Å². The van der Waals surface area contributed by atoms with Gasteiger partial charge in [0.05, 0.1) is 0 Å². The van der Waals surface area contributed by atoms with Gasteiger partial charge in [0.25, 0.3) is 0 Å². The van der Waals surface area contributed by atoms with Crippen molar-refractivity contribution in [1.29, 1.82) is 0 Å². The van der Waals surface area contributed by atoms with Crippen LogP contribution in [0.15, 0.2) is 59.6 Å². The number of benzene rings is 2. The van der Waals surface area contributed by atoms with E-state index in [1.165, 1.54) is 11.1 Å². The summed E-state index contributed by atoms with van der Waals surface area (Å²) >= 11 is 0. The first-order valence-corrected chi connectivity index (χ1v) is 7.47. The van der Waals surface area contributed by atoms with Crippen molar-refractivity contribution in [3.05, 3.63) is 65.7 Å². The molecule has 0 aliphatic carbocycles. The molecule has 0 fully saturated rings. The Labute approximate surface area is 126 Å². The smallest absolute Gasteiger partial charge is 0.193 e. The van der Waals surface area contributed by atoms with Gasteiger partial charge in [-0.25, -0.2) is 0 Å². The Kier molecular flexibility index (Phi) is 5.83. The van der Waals surface area contributed by atoms with Crippen LogP contribution in [0.5, 0.6) is 0 Å². The van der Waals surface area contributed by atoms with E-state index in [4.69, 9.17) is 5.73 Å². The number of hydrogen-bond donors (Lipinski definition) is 2. The summed E-state index contributed by atoms with van der Waals surface area (Å²) in [4.78, 5) is 4.37. The highest BCUT2D eigenvalue weighted by atomic mass is 15.1. The monoisotopic (exact) mass is 281 g/mol. The van der Waals surface area contributed by atoms with Crippen LogP contribution in [-0.2, 0) is 12.8 Å². The maximum atomic E-state index is 5.92. The molecule has 3 nitrogen and oxygen atoms in total. The molecule has 0 saturated carbocycles. The van der Waals surface area contributed by atoms with Crippen LogP contribution in [0, 0.1) is 0 Å². The lowest BCUT2D eigenvalue weighted by Gasteiger charge is -2.07. The first kappa shape index (κ1) is 15.1. The second kappa shape index (κ2) is 8.10. The number of nitrogens with one attached hydrogen (secondary N) is 1. The fourth-order valence-electron chi connectivity index (χ4n) is 2.18. The summed E-state index contributed by atoms with van der Waals surface area (Å²) in [6, 6.07) is 18.7. The van der Waals surface area contributed by atoms with Gasteiger partial charge in [-0.05, 0) is 42.5 Å². The van der Waals surface area contributed by atoms with Crippen LogP contribution in [0.4, 0.5) is 5.69 Å². The largest absolute Gasteiger partial charge is 0.370 e. The van der Waals surface area contributed by atoms with Crippen LogP contribution < -0.4 is 11.1 Å². The summed E-state index contributed by atoms with van der Waals surface area (Å²) in [6.07, 6.45) is 3.05. The van der Waals surface area contributed by atoms with Gasteiger partial charge in [0.15, 0.2) is 5.96 Å². The highest BCUT2D eigenvalue weighted by molar-refractivity contribution is 5.92. The fourth-order valence-corrected chi connectivity index (χ4v) is 2.18. The number of nitrogens with two attached hydrogens (primary N) is 1. The quantitative estimate of drug-likeness (QED) is 0.483. The van der Waals surface area contributed by atoms with Crippen LogP contribution in [-0.4, -0.2) is 12.5 Å². The Hall–Kier alpha value is -2.29. The van der Waals surface area contributed by atoms with Crippen molar-refractivity contribution in [2.45, 2.75) is 26.2 Å². The van der Waals surface area contributed by atoms with E-state index in [2.05, 4.69) is 53.6 Å². The number of nitrogens with zero attached hydrogens (tertiary/aromatic N) is 1. The Morgan fingerprint density at radius 3 is 2.57 bits per heavy atom. The van der Waals surface area contributed by atoms with E-state index in [-0.39, 0.29) is 0 Å². The SMILES string of the molecule is CCc1cccc(NC(N)=NCCCc2ccccc2)c1. The molecule has 2 aromatic carbocycles. The zero-order valence-electron chi connectivity index (χ0n) is 12.5. The van der Waals surface area contributed by atoms with Crippen molar-refractivity contribution in [2.75, 3.05) is 11.9 Å². The van der Waals surface area contributed by atoms with E-state index in [0.717, 1.165) is 31.5 Å². The Bertz CT molecular complexity index is 576. The Balaban J connectivity index is 1.78. The standard InChI is InChI=1S/C18H23N3/c1-2-15-10-6-12-17(14-15)21-18(19)20-13-7-11-16-8-4-3-5-9-16/h3-6,8-10,12,14H,2,7,11,13H2,1H3,(H3,19,20,21). The third-order valence-corrected chi connectivity index (χ3v) is 3.36. The van der Waals surface area contributed by atoms with Crippen molar-refractivity contribution in [3.8, 4) is 0 Å². The second-order valence-electron chi connectivity index (χ2n) is 5.04. The minimum atomic E-state index is 0.483. The molecular formula is C18H23N3. The minimum Gasteiger partial charge on any atom is -0.370 e. The molecule has 2 aromatic rings. The molecule has 0 spiro atoms. The molecule has 0 unspecified atom stereocenters. The lowest BCUT2D eigenvalue weighted by molar-refractivity contribution is 0.832. The third kappa shape index (κ3) is 5.30. The average Bonchev–Trinajstić information content (AvgIpc) is 2.53. The predicted octanol–water partition coefficient (Wildman–Crippen LogP) is 3.61. The number of aliphatic imine (C=N–C) groups is 1. The second-order valence-corrected chi connectivity index (χ2v) is 5.04. The molecule has 2 rings (SSSR count). The summed E-state index contributed by atoms with van der Waals surface area (Å²) in [5, 5.41) is 3.14. The molecule has 3 heteroatoms. The Morgan fingerprint density at radius 1 is 1.05 bits per heavy atom. The predicted molar refractivity (Wildman–Crippen MR) is 90.7 cm³/mol. The van der Waals surface area contributed by atoms with Crippen molar-refractivity contribution in [1.82, 2.24) is 0 Å². The van der Waals surface area contributed by atoms with Gasteiger partial charge in [-0.15, -0.1) is 0 Å². The zero-order chi connectivity index (χ0) is 14.9. The van der Waals surface area contributed by atoms with Gasteiger partial charge in [-0.3, -0.25) is 4.99 Å². The third-order valence-electron chi connectivity index (χ3n) is 3.36. The van der Waals surface area contributed by atoms with E-state index in [9.17, 15) is 0 Å². The van der Waals surface area contributed by atoms with Gasteiger partial charge >= 0.3 is 0 Å². The van der Waals surface area contributed by atoms with Crippen LogP contribution >= 0.6 is 0 Å². The molecule has 0 heterocycles. The van der Waals surface area contributed by atoms with Gasteiger partial charge in [-0.2, -0.15) is 0 Å². The lowest BCUT2D eigenvalue weighted by Crippen LogP contribution is -2.23. The van der Waals surface area contributed by atoms with E-state index < -0.39 is 0 Å².